The van der Waals surface area contributed by atoms with E-state index in [-0.39, 0.29) is 5.54 Å². The van der Waals surface area contributed by atoms with E-state index in [1.165, 1.54) is 6.42 Å². The molecule has 0 saturated carbocycles. The highest BCUT2D eigenvalue weighted by Crippen LogP contribution is 1.99. The van der Waals surface area contributed by atoms with E-state index in [2.05, 4.69) is 20.8 Å². The van der Waals surface area contributed by atoms with E-state index in [1.54, 1.807) is 0 Å². The second-order valence-corrected chi connectivity index (χ2v) is 3.40. The van der Waals surface area contributed by atoms with Crippen LogP contribution in [0.1, 0.15) is 47.5 Å². The van der Waals surface area contributed by atoms with Crippen molar-refractivity contribution in [2.75, 3.05) is 0 Å². The van der Waals surface area contributed by atoms with E-state index in [9.17, 15) is 0 Å². The zero-order valence-electron chi connectivity index (χ0n) is 9.41. The standard InChI is InChI=1S/C5H13N.C3H8.BH3O3/c1-4-5(2,3)6;1-3-2;2-1(3)4/h4,6H2,1-3H3;3H2,1-2H3;2-4H. The molecule has 0 aromatic rings. The van der Waals surface area contributed by atoms with Crippen LogP contribution in [0.5, 0.6) is 0 Å². The second-order valence-electron chi connectivity index (χ2n) is 3.40. The van der Waals surface area contributed by atoms with Crippen LogP contribution in [0, 0.1) is 0 Å². The molecule has 82 valence electrons. The van der Waals surface area contributed by atoms with Gasteiger partial charge in [-0.15, -0.1) is 0 Å². The van der Waals surface area contributed by atoms with Crippen molar-refractivity contribution in [2.45, 2.75) is 53.0 Å². The van der Waals surface area contributed by atoms with Crippen molar-refractivity contribution in [1.82, 2.24) is 0 Å². The van der Waals surface area contributed by atoms with Gasteiger partial charge in [-0.25, -0.2) is 0 Å². The van der Waals surface area contributed by atoms with Gasteiger partial charge in [-0.3, -0.25) is 0 Å². The van der Waals surface area contributed by atoms with Crippen molar-refractivity contribution in [1.29, 1.82) is 0 Å². The Labute approximate surface area is 82.0 Å². The Kier molecular flexibility index (Phi) is 17.1. The summed E-state index contributed by atoms with van der Waals surface area (Å²) in [5.74, 6) is 0. The molecule has 0 fully saturated rings. The second kappa shape index (κ2) is 11.9. The first-order valence-electron chi connectivity index (χ1n) is 4.54. The van der Waals surface area contributed by atoms with Crippen LogP contribution in [0.3, 0.4) is 0 Å². The molecule has 0 aromatic heterocycles. The molecule has 0 amide bonds. The van der Waals surface area contributed by atoms with Crippen molar-refractivity contribution in [2.24, 2.45) is 5.73 Å². The maximum Gasteiger partial charge on any atom is 0.631 e. The van der Waals surface area contributed by atoms with E-state index in [0.717, 1.165) is 6.42 Å². The first-order valence-corrected chi connectivity index (χ1v) is 4.54. The minimum absolute atomic E-state index is 0.0417. The normalized spacial score (nSPS) is 9.00. The van der Waals surface area contributed by atoms with Gasteiger partial charge in [-0.2, -0.15) is 0 Å². The summed E-state index contributed by atoms with van der Waals surface area (Å²) in [5, 5.41) is 21.5. The smallest absolute Gasteiger partial charge is 0.402 e. The molecule has 13 heavy (non-hydrogen) atoms. The summed E-state index contributed by atoms with van der Waals surface area (Å²) in [6.07, 6.45) is 2.30. The maximum absolute atomic E-state index is 7.17. The van der Waals surface area contributed by atoms with E-state index < -0.39 is 7.32 Å². The third-order valence-electron chi connectivity index (χ3n) is 0.911. The van der Waals surface area contributed by atoms with Crippen LogP contribution in [0.25, 0.3) is 0 Å². The number of rotatable bonds is 1. The van der Waals surface area contributed by atoms with Gasteiger partial charge in [0.25, 0.3) is 0 Å². The Morgan fingerprint density at radius 2 is 1.15 bits per heavy atom. The summed E-state index contributed by atoms with van der Waals surface area (Å²) < 4.78 is 0. The van der Waals surface area contributed by atoms with Gasteiger partial charge in [0.15, 0.2) is 0 Å². The fourth-order valence-electron chi connectivity index (χ4n) is 0. The highest BCUT2D eigenvalue weighted by atomic mass is 16.5. The van der Waals surface area contributed by atoms with E-state index >= 15 is 0 Å². The van der Waals surface area contributed by atoms with Crippen molar-refractivity contribution in [3.05, 3.63) is 0 Å². The van der Waals surface area contributed by atoms with Crippen LogP contribution in [0.4, 0.5) is 0 Å². The zero-order valence-corrected chi connectivity index (χ0v) is 9.41. The van der Waals surface area contributed by atoms with Crippen LogP contribution in [0.15, 0.2) is 0 Å². The molecule has 0 rings (SSSR count). The molecule has 0 aliphatic carbocycles. The Hall–Kier alpha value is -0.0951. The van der Waals surface area contributed by atoms with Gasteiger partial charge in [0.05, 0.1) is 0 Å². The molecule has 0 aromatic carbocycles. The van der Waals surface area contributed by atoms with Gasteiger partial charge >= 0.3 is 7.32 Å². The quantitative estimate of drug-likeness (QED) is 0.456. The van der Waals surface area contributed by atoms with Gasteiger partial charge in [0.2, 0.25) is 0 Å². The molecule has 5 N–H and O–H groups in total. The predicted molar refractivity (Wildman–Crippen MR) is 56.9 cm³/mol. The van der Waals surface area contributed by atoms with Gasteiger partial charge < -0.3 is 20.8 Å². The minimum Gasteiger partial charge on any atom is -0.402 e. The lowest BCUT2D eigenvalue weighted by atomic mass is 10.1. The minimum atomic E-state index is -2.17. The summed E-state index contributed by atoms with van der Waals surface area (Å²) in [7, 11) is -2.17. The summed E-state index contributed by atoms with van der Waals surface area (Å²) in [4.78, 5) is 0. The van der Waals surface area contributed by atoms with Crippen LogP contribution >= 0.6 is 0 Å². The van der Waals surface area contributed by atoms with Crippen molar-refractivity contribution in [3.8, 4) is 0 Å². The molecule has 0 bridgehead atoms. The van der Waals surface area contributed by atoms with Gasteiger partial charge in [0.1, 0.15) is 0 Å². The first-order chi connectivity index (χ1) is 5.71. The van der Waals surface area contributed by atoms with Crippen molar-refractivity contribution >= 4 is 7.32 Å². The molecule has 0 radical (unpaired) electrons. The van der Waals surface area contributed by atoms with Gasteiger partial charge in [0, 0.05) is 5.54 Å². The molecule has 4 nitrogen and oxygen atoms in total. The fourth-order valence-corrected chi connectivity index (χ4v) is 0. The summed E-state index contributed by atoms with van der Waals surface area (Å²) in [6.45, 7) is 10.4. The molecule has 0 heterocycles. The van der Waals surface area contributed by atoms with Gasteiger partial charge in [-0.05, 0) is 20.3 Å². The lowest BCUT2D eigenvalue weighted by Crippen LogP contribution is -2.30. The molecule has 5 heteroatoms. The molecule has 0 atom stereocenters. The lowest BCUT2D eigenvalue weighted by Gasteiger charge is -2.13. The molecular formula is C8H24BNO3. The largest absolute Gasteiger partial charge is 0.631 e. The monoisotopic (exact) mass is 193 g/mol. The van der Waals surface area contributed by atoms with Crippen LogP contribution in [0.2, 0.25) is 0 Å². The Morgan fingerprint density at radius 3 is 1.15 bits per heavy atom. The maximum atomic E-state index is 7.17. The predicted octanol–water partition coefficient (Wildman–Crippen LogP) is 0.498. The van der Waals surface area contributed by atoms with Crippen LogP contribution < -0.4 is 5.73 Å². The Balaban J connectivity index is -0.000000125. The van der Waals surface area contributed by atoms with Crippen LogP contribution in [-0.2, 0) is 0 Å². The fraction of sp³-hybridized carbons (Fsp3) is 1.00. The molecule has 0 spiro atoms. The zero-order chi connectivity index (χ0) is 11.5. The lowest BCUT2D eigenvalue weighted by molar-refractivity contribution is 0.278. The van der Waals surface area contributed by atoms with Crippen molar-refractivity contribution in [3.63, 3.8) is 0 Å². The molecule has 0 aliphatic rings. The summed E-state index contributed by atoms with van der Waals surface area (Å²) in [5.41, 5.74) is 5.58. The third kappa shape index (κ3) is 138. The number of hydrogen-bond acceptors (Lipinski definition) is 4. The highest BCUT2D eigenvalue weighted by molar-refractivity contribution is 6.30. The van der Waals surface area contributed by atoms with Gasteiger partial charge in [-0.1, -0.05) is 27.2 Å². The molecule has 0 unspecified atom stereocenters. The summed E-state index contributed by atoms with van der Waals surface area (Å²) in [6, 6.07) is 0. The topological polar surface area (TPSA) is 86.7 Å². The molecular weight excluding hydrogens is 169 g/mol. The van der Waals surface area contributed by atoms with E-state index in [1.807, 2.05) is 13.8 Å². The van der Waals surface area contributed by atoms with E-state index in [0.29, 0.717) is 0 Å². The average molecular weight is 193 g/mol. The Morgan fingerprint density at radius 1 is 1.08 bits per heavy atom. The highest BCUT2D eigenvalue weighted by Gasteiger charge is 2.03. The number of nitrogens with two attached hydrogens (primary N) is 1. The first kappa shape index (κ1) is 18.6. The average Bonchev–Trinajstić information content (AvgIpc) is 1.86. The molecule has 0 saturated heterocycles. The third-order valence-corrected chi connectivity index (χ3v) is 0.911. The summed E-state index contributed by atoms with van der Waals surface area (Å²) >= 11 is 0. The molecule has 0 aliphatic heterocycles. The number of hydrogen-bond donors (Lipinski definition) is 4. The van der Waals surface area contributed by atoms with Crippen LogP contribution in [-0.4, -0.2) is 27.9 Å². The SMILES string of the molecule is CCC.CCC(C)(C)N.OB(O)O. The van der Waals surface area contributed by atoms with Crippen molar-refractivity contribution < 1.29 is 15.1 Å². The van der Waals surface area contributed by atoms with E-state index in [4.69, 9.17) is 20.8 Å². The Bertz CT molecular complexity index is 81.2.